The summed E-state index contributed by atoms with van der Waals surface area (Å²) in [5.74, 6) is 3.31. The number of aliphatic hydroxyl groups excluding tert-OH is 1. The average Bonchev–Trinajstić information content (AvgIpc) is 2.93. The lowest BCUT2D eigenvalue weighted by molar-refractivity contribution is -0.132. The molecule has 10 heteroatoms. The zero-order chi connectivity index (χ0) is 23.3. The van der Waals surface area contributed by atoms with Gasteiger partial charge in [-0.2, -0.15) is 0 Å². The SMILES string of the molecule is O=C(C1CSC=CN1)N1CCN(c2cc(N3CCOCC3)nc(-c3cccc(CO)c3)n2)CC1. The van der Waals surface area contributed by atoms with Gasteiger partial charge in [0.25, 0.3) is 0 Å². The van der Waals surface area contributed by atoms with Gasteiger partial charge in [0.05, 0.1) is 19.8 Å². The van der Waals surface area contributed by atoms with Gasteiger partial charge in [0, 0.05) is 62.9 Å². The van der Waals surface area contributed by atoms with Gasteiger partial charge in [-0.05, 0) is 17.0 Å². The van der Waals surface area contributed by atoms with Crippen molar-refractivity contribution in [2.24, 2.45) is 0 Å². The van der Waals surface area contributed by atoms with Crippen molar-refractivity contribution in [3.8, 4) is 11.4 Å². The molecule has 0 bridgehead atoms. The van der Waals surface area contributed by atoms with Gasteiger partial charge in [0.15, 0.2) is 5.82 Å². The summed E-state index contributed by atoms with van der Waals surface area (Å²) >= 11 is 1.66. The predicted molar refractivity (Wildman–Crippen MR) is 134 cm³/mol. The number of carbonyl (C=O) groups excluding carboxylic acids is 1. The van der Waals surface area contributed by atoms with E-state index >= 15 is 0 Å². The van der Waals surface area contributed by atoms with E-state index in [2.05, 4.69) is 15.1 Å². The molecule has 180 valence electrons. The molecule has 0 aliphatic carbocycles. The van der Waals surface area contributed by atoms with Crippen LogP contribution in [0.5, 0.6) is 0 Å². The molecular formula is C24H30N6O3S. The summed E-state index contributed by atoms with van der Waals surface area (Å²) in [6.07, 6.45) is 1.86. The Hall–Kier alpha value is -2.82. The molecule has 0 saturated carbocycles. The molecule has 1 amide bonds. The molecule has 2 aromatic rings. The number of rotatable bonds is 5. The van der Waals surface area contributed by atoms with Crippen LogP contribution in [0.15, 0.2) is 41.9 Å². The number of nitrogens with one attached hydrogen (secondary N) is 1. The Labute approximate surface area is 203 Å². The van der Waals surface area contributed by atoms with E-state index in [-0.39, 0.29) is 18.6 Å². The molecule has 1 aromatic heterocycles. The number of aliphatic hydroxyl groups is 1. The highest BCUT2D eigenvalue weighted by Crippen LogP contribution is 2.27. The highest BCUT2D eigenvalue weighted by Gasteiger charge is 2.28. The zero-order valence-corrected chi connectivity index (χ0v) is 19.9. The van der Waals surface area contributed by atoms with E-state index in [9.17, 15) is 9.90 Å². The quantitative estimate of drug-likeness (QED) is 0.654. The number of hydrogen-bond donors (Lipinski definition) is 2. The van der Waals surface area contributed by atoms with Crippen LogP contribution in [0.1, 0.15) is 5.56 Å². The van der Waals surface area contributed by atoms with E-state index in [1.165, 1.54) is 0 Å². The van der Waals surface area contributed by atoms with Crippen LogP contribution in [0.25, 0.3) is 11.4 Å². The molecule has 2 fully saturated rings. The van der Waals surface area contributed by atoms with Crippen LogP contribution >= 0.6 is 11.8 Å². The topological polar surface area (TPSA) is 94.1 Å². The number of hydrogen-bond acceptors (Lipinski definition) is 9. The number of anilines is 2. The number of nitrogens with zero attached hydrogens (tertiary/aromatic N) is 5. The molecule has 1 aromatic carbocycles. The summed E-state index contributed by atoms with van der Waals surface area (Å²) < 4.78 is 5.53. The number of aromatic nitrogens is 2. The van der Waals surface area contributed by atoms with Gasteiger partial charge in [-0.25, -0.2) is 9.97 Å². The summed E-state index contributed by atoms with van der Waals surface area (Å²) in [6.45, 7) is 5.68. The molecule has 5 rings (SSSR count). The summed E-state index contributed by atoms with van der Waals surface area (Å²) in [5, 5.41) is 14.7. The first-order chi connectivity index (χ1) is 16.7. The lowest BCUT2D eigenvalue weighted by Crippen LogP contribution is -2.54. The van der Waals surface area contributed by atoms with Crippen molar-refractivity contribution >= 4 is 29.3 Å². The van der Waals surface area contributed by atoms with Crippen molar-refractivity contribution < 1.29 is 14.6 Å². The monoisotopic (exact) mass is 482 g/mol. The van der Waals surface area contributed by atoms with E-state index in [1.807, 2.05) is 46.8 Å². The third-order valence-electron chi connectivity index (χ3n) is 6.34. The molecule has 1 unspecified atom stereocenters. The summed E-state index contributed by atoms with van der Waals surface area (Å²) in [5.41, 5.74) is 1.71. The maximum absolute atomic E-state index is 12.9. The van der Waals surface area contributed by atoms with Gasteiger partial charge in [0.2, 0.25) is 5.91 Å². The van der Waals surface area contributed by atoms with Crippen molar-refractivity contribution in [1.82, 2.24) is 20.2 Å². The first-order valence-corrected chi connectivity index (χ1v) is 12.7. The molecule has 0 radical (unpaired) electrons. The largest absolute Gasteiger partial charge is 0.392 e. The molecule has 34 heavy (non-hydrogen) atoms. The van der Waals surface area contributed by atoms with Crippen LogP contribution in [0.2, 0.25) is 0 Å². The molecule has 9 nitrogen and oxygen atoms in total. The fraction of sp³-hybridized carbons (Fsp3) is 0.458. The molecule has 3 aliphatic rings. The summed E-state index contributed by atoms with van der Waals surface area (Å²) in [4.78, 5) is 29.1. The second kappa shape index (κ2) is 10.6. The minimum absolute atomic E-state index is 0.0238. The average molecular weight is 483 g/mol. The number of morpholine rings is 1. The second-order valence-electron chi connectivity index (χ2n) is 8.53. The van der Waals surface area contributed by atoms with Crippen LogP contribution in [0.4, 0.5) is 11.6 Å². The highest BCUT2D eigenvalue weighted by atomic mass is 32.2. The van der Waals surface area contributed by atoms with Gasteiger partial charge >= 0.3 is 0 Å². The number of carbonyl (C=O) groups is 1. The summed E-state index contributed by atoms with van der Waals surface area (Å²) in [7, 11) is 0. The smallest absolute Gasteiger partial charge is 0.246 e. The van der Waals surface area contributed by atoms with E-state index in [0.717, 1.165) is 54.7 Å². The maximum atomic E-state index is 12.9. The Morgan fingerprint density at radius 2 is 1.79 bits per heavy atom. The van der Waals surface area contributed by atoms with Crippen molar-refractivity contribution in [3.63, 3.8) is 0 Å². The number of ether oxygens (including phenoxy) is 1. The van der Waals surface area contributed by atoms with Gasteiger partial charge in [-0.15, -0.1) is 11.8 Å². The van der Waals surface area contributed by atoms with Crippen LogP contribution in [-0.2, 0) is 16.1 Å². The Morgan fingerprint density at radius 3 is 2.47 bits per heavy atom. The molecule has 3 aliphatic heterocycles. The van der Waals surface area contributed by atoms with Gasteiger partial charge in [-0.1, -0.05) is 18.2 Å². The van der Waals surface area contributed by atoms with Gasteiger partial charge in [-0.3, -0.25) is 4.79 Å². The standard InChI is InChI=1S/C24H30N6O3S/c31-16-18-2-1-3-19(14-18)23-26-21(15-22(27-23)29-9-11-33-12-10-29)28-5-7-30(8-6-28)24(32)20-17-34-13-4-25-20/h1-4,13-15,20,25,31H,5-12,16-17H2. The molecule has 4 heterocycles. The molecule has 2 N–H and O–H groups in total. The van der Waals surface area contributed by atoms with Crippen molar-refractivity contribution in [2.45, 2.75) is 12.6 Å². The fourth-order valence-electron chi connectivity index (χ4n) is 4.40. The van der Waals surface area contributed by atoms with Crippen molar-refractivity contribution in [1.29, 1.82) is 0 Å². The number of piperazine rings is 1. The van der Waals surface area contributed by atoms with Crippen LogP contribution < -0.4 is 15.1 Å². The minimum atomic E-state index is -0.154. The first-order valence-electron chi connectivity index (χ1n) is 11.7. The van der Waals surface area contributed by atoms with Crippen LogP contribution in [0, 0.1) is 0 Å². The molecule has 2 saturated heterocycles. The zero-order valence-electron chi connectivity index (χ0n) is 19.1. The third-order valence-corrected chi connectivity index (χ3v) is 7.19. The predicted octanol–water partition coefficient (Wildman–Crippen LogP) is 1.30. The van der Waals surface area contributed by atoms with Crippen molar-refractivity contribution in [3.05, 3.63) is 47.5 Å². The maximum Gasteiger partial charge on any atom is 0.246 e. The van der Waals surface area contributed by atoms with Crippen LogP contribution in [-0.4, -0.2) is 90.2 Å². The van der Waals surface area contributed by atoms with E-state index in [0.29, 0.717) is 32.1 Å². The minimum Gasteiger partial charge on any atom is -0.392 e. The van der Waals surface area contributed by atoms with Crippen LogP contribution in [0.3, 0.4) is 0 Å². The molecule has 0 spiro atoms. The van der Waals surface area contributed by atoms with E-state index < -0.39 is 0 Å². The Kier molecular flexibility index (Phi) is 7.17. The summed E-state index contributed by atoms with van der Waals surface area (Å²) in [6, 6.07) is 9.61. The van der Waals surface area contributed by atoms with Crippen molar-refractivity contribution in [2.75, 3.05) is 68.0 Å². The lowest BCUT2D eigenvalue weighted by Gasteiger charge is -2.37. The number of thioether (sulfide) groups is 1. The number of amides is 1. The Bertz CT molecular complexity index is 1040. The molecular weight excluding hydrogens is 452 g/mol. The number of benzene rings is 1. The van der Waals surface area contributed by atoms with Gasteiger partial charge < -0.3 is 29.9 Å². The van der Waals surface area contributed by atoms with E-state index in [1.54, 1.807) is 11.8 Å². The normalized spacial score (nSPS) is 20.9. The molecule has 1 atom stereocenters. The van der Waals surface area contributed by atoms with Gasteiger partial charge in [0.1, 0.15) is 17.7 Å². The Balaban J connectivity index is 1.37. The first kappa shape index (κ1) is 22.9. The Morgan fingerprint density at radius 1 is 1.06 bits per heavy atom. The third kappa shape index (κ3) is 5.13. The fourth-order valence-corrected chi connectivity index (χ4v) is 5.12. The lowest BCUT2D eigenvalue weighted by atomic mass is 10.1. The highest BCUT2D eigenvalue weighted by molar-refractivity contribution is 8.02. The second-order valence-corrected chi connectivity index (χ2v) is 9.47. The van der Waals surface area contributed by atoms with E-state index in [4.69, 9.17) is 14.7 Å².